The van der Waals surface area contributed by atoms with Gasteiger partial charge < -0.3 is 5.32 Å². The molecule has 0 bridgehead atoms. The molecule has 16 heavy (non-hydrogen) atoms. The van der Waals surface area contributed by atoms with Crippen molar-refractivity contribution in [2.75, 3.05) is 11.9 Å². The summed E-state index contributed by atoms with van der Waals surface area (Å²) < 4.78 is 0. The summed E-state index contributed by atoms with van der Waals surface area (Å²) in [7, 11) is 0. The third kappa shape index (κ3) is 3.15. The Labute approximate surface area is 98.6 Å². The van der Waals surface area contributed by atoms with Gasteiger partial charge in [0.2, 0.25) is 11.9 Å². The number of carbonyl (C=O) groups is 1. The smallest absolute Gasteiger partial charge is 0.230 e. The lowest BCUT2D eigenvalue weighted by Crippen LogP contribution is -2.27. The number of rotatable bonds is 3. The van der Waals surface area contributed by atoms with Gasteiger partial charge in [-0.2, -0.15) is 0 Å². The Kier molecular flexibility index (Phi) is 3.69. The predicted molar refractivity (Wildman–Crippen MR) is 61.3 cm³/mol. The van der Waals surface area contributed by atoms with Crippen molar-refractivity contribution in [3.63, 3.8) is 0 Å². The van der Waals surface area contributed by atoms with Crippen LogP contribution >= 0.6 is 11.6 Å². The van der Waals surface area contributed by atoms with Crippen LogP contribution in [0.1, 0.15) is 19.3 Å². The zero-order chi connectivity index (χ0) is 11.4. The molecule has 1 atom stereocenters. The maximum absolute atomic E-state index is 11.6. The summed E-state index contributed by atoms with van der Waals surface area (Å²) in [4.78, 5) is 19.4. The van der Waals surface area contributed by atoms with E-state index in [-0.39, 0.29) is 17.9 Å². The molecule has 2 rings (SSSR count). The molecule has 1 saturated heterocycles. The summed E-state index contributed by atoms with van der Waals surface area (Å²) >= 11 is 5.68. The van der Waals surface area contributed by atoms with Crippen LogP contribution in [-0.4, -0.2) is 28.5 Å². The molecule has 1 aromatic heterocycles. The predicted octanol–water partition coefficient (Wildman–Crippen LogP) is 1.21. The van der Waals surface area contributed by atoms with Crippen LogP contribution in [0.4, 0.5) is 5.95 Å². The highest BCUT2D eigenvalue weighted by atomic mass is 35.5. The molecule has 0 aromatic carbocycles. The highest BCUT2D eigenvalue weighted by Gasteiger charge is 2.17. The van der Waals surface area contributed by atoms with Gasteiger partial charge >= 0.3 is 0 Å². The van der Waals surface area contributed by atoms with E-state index >= 15 is 0 Å². The maximum atomic E-state index is 11.6. The molecular formula is C10H13ClN4O. The van der Waals surface area contributed by atoms with Crippen LogP contribution in [-0.2, 0) is 4.79 Å². The largest absolute Gasteiger partial charge is 0.313 e. The standard InChI is InChI=1S/C10H13ClN4O/c11-8-3-5-13-10(14-8)15-9(16)6-7-2-1-4-12-7/h3,5,7,12H,1-2,4,6H2,(H,13,14,15,16). The zero-order valence-electron chi connectivity index (χ0n) is 8.74. The van der Waals surface area contributed by atoms with Crippen LogP contribution in [0.5, 0.6) is 0 Å². The second-order valence-corrected chi connectivity index (χ2v) is 4.14. The van der Waals surface area contributed by atoms with Crippen LogP contribution in [0.25, 0.3) is 0 Å². The molecule has 5 nitrogen and oxygen atoms in total. The van der Waals surface area contributed by atoms with E-state index in [4.69, 9.17) is 11.6 Å². The van der Waals surface area contributed by atoms with Crippen molar-refractivity contribution >= 4 is 23.5 Å². The van der Waals surface area contributed by atoms with Gasteiger partial charge in [-0.3, -0.25) is 10.1 Å². The van der Waals surface area contributed by atoms with Gasteiger partial charge in [-0.15, -0.1) is 0 Å². The highest BCUT2D eigenvalue weighted by molar-refractivity contribution is 6.29. The Hall–Kier alpha value is -1.20. The second kappa shape index (κ2) is 5.23. The maximum Gasteiger partial charge on any atom is 0.230 e. The van der Waals surface area contributed by atoms with Crippen LogP contribution in [0.3, 0.4) is 0 Å². The molecule has 1 aliphatic rings. The van der Waals surface area contributed by atoms with E-state index in [0.29, 0.717) is 11.6 Å². The quantitative estimate of drug-likeness (QED) is 0.780. The van der Waals surface area contributed by atoms with Crippen LogP contribution in [0, 0.1) is 0 Å². The number of hydrogen-bond donors (Lipinski definition) is 2. The summed E-state index contributed by atoms with van der Waals surface area (Å²) in [5.74, 6) is 0.178. The number of hydrogen-bond acceptors (Lipinski definition) is 4. The van der Waals surface area contributed by atoms with Crippen molar-refractivity contribution < 1.29 is 4.79 Å². The Bertz CT molecular complexity index is 379. The van der Waals surface area contributed by atoms with E-state index in [2.05, 4.69) is 20.6 Å². The van der Waals surface area contributed by atoms with Crippen molar-refractivity contribution in [2.45, 2.75) is 25.3 Å². The molecule has 2 heterocycles. The van der Waals surface area contributed by atoms with Crippen molar-refractivity contribution in [2.24, 2.45) is 0 Å². The van der Waals surface area contributed by atoms with Gasteiger partial charge in [0, 0.05) is 18.7 Å². The molecule has 0 spiro atoms. The first-order valence-electron chi connectivity index (χ1n) is 5.26. The fraction of sp³-hybridized carbons (Fsp3) is 0.500. The first-order chi connectivity index (χ1) is 7.74. The van der Waals surface area contributed by atoms with Crippen molar-refractivity contribution in [3.8, 4) is 0 Å². The average Bonchev–Trinajstić information content (AvgIpc) is 2.70. The molecule has 86 valence electrons. The lowest BCUT2D eigenvalue weighted by atomic mass is 10.1. The van der Waals surface area contributed by atoms with Crippen LogP contribution in [0.15, 0.2) is 12.3 Å². The lowest BCUT2D eigenvalue weighted by molar-refractivity contribution is -0.116. The number of nitrogens with zero attached hydrogens (tertiary/aromatic N) is 2. The van der Waals surface area contributed by atoms with Gasteiger partial charge in [-0.05, 0) is 25.5 Å². The molecule has 0 aliphatic carbocycles. The number of carbonyl (C=O) groups excluding carboxylic acids is 1. The number of amides is 1. The fourth-order valence-corrected chi connectivity index (χ4v) is 1.86. The molecule has 0 radical (unpaired) electrons. The Morgan fingerprint density at radius 1 is 1.69 bits per heavy atom. The van der Waals surface area contributed by atoms with Gasteiger partial charge in [0.15, 0.2) is 0 Å². The number of aromatic nitrogens is 2. The Balaban J connectivity index is 1.86. The summed E-state index contributed by atoms with van der Waals surface area (Å²) in [6, 6.07) is 1.84. The van der Waals surface area contributed by atoms with Crippen LogP contribution < -0.4 is 10.6 Å². The average molecular weight is 241 g/mol. The van der Waals surface area contributed by atoms with E-state index < -0.39 is 0 Å². The Morgan fingerprint density at radius 3 is 3.25 bits per heavy atom. The van der Waals surface area contributed by atoms with Gasteiger partial charge in [0.25, 0.3) is 0 Å². The van der Waals surface area contributed by atoms with E-state index in [0.717, 1.165) is 19.4 Å². The van der Waals surface area contributed by atoms with Gasteiger partial charge in [-0.25, -0.2) is 9.97 Å². The van der Waals surface area contributed by atoms with E-state index in [1.165, 1.54) is 6.20 Å². The second-order valence-electron chi connectivity index (χ2n) is 3.75. The highest BCUT2D eigenvalue weighted by Crippen LogP contribution is 2.10. The summed E-state index contributed by atoms with van der Waals surface area (Å²) in [6.45, 7) is 0.992. The third-order valence-electron chi connectivity index (χ3n) is 2.47. The summed E-state index contributed by atoms with van der Waals surface area (Å²) in [5, 5.41) is 6.20. The monoisotopic (exact) mass is 240 g/mol. The normalized spacial score (nSPS) is 19.7. The minimum atomic E-state index is -0.0818. The molecule has 1 aromatic rings. The first kappa shape index (κ1) is 11.3. The van der Waals surface area contributed by atoms with Crippen molar-refractivity contribution in [3.05, 3.63) is 17.4 Å². The SMILES string of the molecule is O=C(CC1CCCN1)Nc1nccc(Cl)n1. The number of anilines is 1. The third-order valence-corrected chi connectivity index (χ3v) is 2.68. The minimum absolute atomic E-state index is 0.0818. The molecule has 6 heteroatoms. The molecular weight excluding hydrogens is 228 g/mol. The van der Waals surface area contributed by atoms with E-state index in [1.807, 2.05) is 0 Å². The molecule has 1 amide bonds. The lowest BCUT2D eigenvalue weighted by Gasteiger charge is -2.09. The van der Waals surface area contributed by atoms with Crippen molar-refractivity contribution in [1.82, 2.24) is 15.3 Å². The molecule has 1 aliphatic heterocycles. The Morgan fingerprint density at radius 2 is 2.56 bits per heavy atom. The molecule has 1 fully saturated rings. The van der Waals surface area contributed by atoms with Crippen molar-refractivity contribution in [1.29, 1.82) is 0 Å². The first-order valence-corrected chi connectivity index (χ1v) is 5.63. The number of nitrogens with one attached hydrogen (secondary N) is 2. The minimum Gasteiger partial charge on any atom is -0.313 e. The molecule has 1 unspecified atom stereocenters. The topological polar surface area (TPSA) is 66.9 Å². The zero-order valence-corrected chi connectivity index (χ0v) is 9.50. The van der Waals surface area contributed by atoms with Gasteiger partial charge in [-0.1, -0.05) is 11.6 Å². The van der Waals surface area contributed by atoms with E-state index in [9.17, 15) is 4.79 Å². The fourth-order valence-electron chi connectivity index (χ4n) is 1.73. The molecule has 0 saturated carbocycles. The molecule has 2 N–H and O–H groups in total. The van der Waals surface area contributed by atoms with Gasteiger partial charge in [0.05, 0.1) is 0 Å². The van der Waals surface area contributed by atoms with Gasteiger partial charge in [0.1, 0.15) is 5.15 Å². The van der Waals surface area contributed by atoms with Crippen LogP contribution in [0.2, 0.25) is 5.15 Å². The van der Waals surface area contributed by atoms with E-state index in [1.54, 1.807) is 6.07 Å². The number of halogens is 1. The summed E-state index contributed by atoms with van der Waals surface area (Å²) in [5.41, 5.74) is 0. The summed E-state index contributed by atoms with van der Waals surface area (Å²) in [6.07, 6.45) is 4.14.